The summed E-state index contributed by atoms with van der Waals surface area (Å²) in [5, 5.41) is 2.83. The van der Waals surface area contributed by atoms with Crippen LogP contribution in [0.2, 0.25) is 0 Å². The van der Waals surface area contributed by atoms with Gasteiger partial charge >= 0.3 is 0 Å². The molecule has 0 spiro atoms. The maximum absolute atomic E-state index is 13.4. The second-order valence-electron chi connectivity index (χ2n) is 5.55. The highest BCUT2D eigenvalue weighted by atomic mass is 19.1. The van der Waals surface area contributed by atoms with Crippen LogP contribution in [-0.4, -0.2) is 17.9 Å². The lowest BCUT2D eigenvalue weighted by molar-refractivity contribution is 0.102. The first-order chi connectivity index (χ1) is 12.0. The first-order valence-electron chi connectivity index (χ1n) is 7.64. The number of anilines is 4. The Balaban J connectivity index is 1.80. The van der Waals surface area contributed by atoms with Crippen LogP contribution in [0.5, 0.6) is 0 Å². The van der Waals surface area contributed by atoms with E-state index in [2.05, 4.69) is 10.3 Å². The molecule has 3 aromatic rings. The molecule has 25 heavy (non-hydrogen) atoms. The van der Waals surface area contributed by atoms with Crippen molar-refractivity contribution in [3.63, 3.8) is 0 Å². The average Bonchev–Trinajstić information content (AvgIpc) is 2.61. The molecule has 1 amide bonds. The fourth-order valence-electron chi connectivity index (χ4n) is 2.41. The topological polar surface area (TPSA) is 71.2 Å². The number of rotatable bonds is 4. The summed E-state index contributed by atoms with van der Waals surface area (Å²) in [6, 6.07) is 15.4. The summed E-state index contributed by atoms with van der Waals surface area (Å²) in [6.45, 7) is 0. The van der Waals surface area contributed by atoms with E-state index in [0.29, 0.717) is 22.6 Å². The third-order valence-corrected chi connectivity index (χ3v) is 3.72. The van der Waals surface area contributed by atoms with E-state index in [1.54, 1.807) is 54.5 Å². The molecular weight excluding hydrogens is 319 g/mol. The fraction of sp³-hybridized carbons (Fsp3) is 0.0526. The molecule has 126 valence electrons. The minimum absolute atomic E-state index is 0.250. The van der Waals surface area contributed by atoms with E-state index < -0.39 is 5.82 Å². The van der Waals surface area contributed by atoms with Gasteiger partial charge in [-0.2, -0.15) is 0 Å². The second kappa shape index (κ2) is 7.00. The molecule has 0 aliphatic rings. The Morgan fingerprint density at radius 1 is 1.08 bits per heavy atom. The van der Waals surface area contributed by atoms with Crippen molar-refractivity contribution in [1.82, 2.24) is 4.98 Å². The lowest BCUT2D eigenvalue weighted by Gasteiger charge is -2.20. The number of nitrogens with zero attached hydrogens (tertiary/aromatic N) is 2. The molecule has 0 aliphatic carbocycles. The normalized spacial score (nSPS) is 10.3. The highest BCUT2D eigenvalue weighted by molar-refractivity contribution is 6.05. The van der Waals surface area contributed by atoms with Crippen LogP contribution in [0.15, 0.2) is 67.0 Å². The van der Waals surface area contributed by atoms with Crippen molar-refractivity contribution in [1.29, 1.82) is 0 Å². The number of halogens is 1. The van der Waals surface area contributed by atoms with Crippen molar-refractivity contribution in [3.05, 3.63) is 78.4 Å². The number of nitrogens with one attached hydrogen (secondary N) is 1. The molecule has 0 saturated carbocycles. The predicted octanol–water partition coefficient (Wildman–Crippen LogP) is 3.82. The van der Waals surface area contributed by atoms with Gasteiger partial charge in [-0.1, -0.05) is 12.1 Å². The molecule has 0 atom stereocenters. The molecule has 0 unspecified atom stereocenters. The summed E-state index contributed by atoms with van der Waals surface area (Å²) >= 11 is 0. The monoisotopic (exact) mass is 336 g/mol. The maximum atomic E-state index is 13.4. The van der Waals surface area contributed by atoms with Gasteiger partial charge in [-0.25, -0.2) is 4.39 Å². The number of pyridine rings is 1. The quantitative estimate of drug-likeness (QED) is 0.711. The molecule has 0 fully saturated rings. The first-order valence-corrected chi connectivity index (χ1v) is 7.64. The number of amides is 1. The number of benzene rings is 2. The zero-order chi connectivity index (χ0) is 17.8. The molecule has 1 aromatic heterocycles. The molecule has 2 aromatic carbocycles. The Hall–Kier alpha value is -3.41. The Labute approximate surface area is 144 Å². The number of hydrogen-bond acceptors (Lipinski definition) is 4. The molecule has 0 saturated heterocycles. The number of carbonyl (C=O) groups is 1. The van der Waals surface area contributed by atoms with E-state index in [1.165, 1.54) is 6.07 Å². The zero-order valence-corrected chi connectivity index (χ0v) is 13.6. The van der Waals surface area contributed by atoms with E-state index in [0.717, 1.165) is 11.9 Å². The van der Waals surface area contributed by atoms with Gasteiger partial charge in [0.05, 0.1) is 18.1 Å². The minimum atomic E-state index is -0.407. The summed E-state index contributed by atoms with van der Waals surface area (Å²) in [6.07, 6.45) is 2.72. The number of nitrogen functional groups attached to an aromatic ring is 1. The molecule has 1 heterocycles. The molecular formula is C19H17FN4O. The van der Waals surface area contributed by atoms with Gasteiger partial charge in [0, 0.05) is 35.7 Å². The van der Waals surface area contributed by atoms with E-state index in [1.807, 2.05) is 12.1 Å². The highest BCUT2D eigenvalue weighted by Crippen LogP contribution is 2.26. The Bertz CT molecular complexity index is 913. The van der Waals surface area contributed by atoms with Gasteiger partial charge in [0.2, 0.25) is 0 Å². The largest absolute Gasteiger partial charge is 0.399 e. The van der Waals surface area contributed by atoms with Crippen molar-refractivity contribution in [3.8, 4) is 0 Å². The number of hydrogen-bond donors (Lipinski definition) is 2. The van der Waals surface area contributed by atoms with Crippen LogP contribution in [0.25, 0.3) is 0 Å². The van der Waals surface area contributed by atoms with E-state index >= 15 is 0 Å². The van der Waals surface area contributed by atoms with Crippen molar-refractivity contribution < 1.29 is 9.18 Å². The van der Waals surface area contributed by atoms with E-state index in [4.69, 9.17) is 5.73 Å². The fourth-order valence-corrected chi connectivity index (χ4v) is 2.41. The smallest absolute Gasteiger partial charge is 0.255 e. The van der Waals surface area contributed by atoms with Crippen molar-refractivity contribution in [2.75, 3.05) is 23.0 Å². The SMILES string of the molecule is CN(c1cncc(F)c1)c1cccc(NC(=O)c2cccc(N)c2)c1. The molecule has 0 radical (unpaired) electrons. The summed E-state index contributed by atoms with van der Waals surface area (Å²) in [7, 11) is 1.80. The number of nitrogens with two attached hydrogens (primary N) is 1. The molecule has 0 aliphatic heterocycles. The lowest BCUT2D eigenvalue weighted by Crippen LogP contribution is -2.14. The minimum Gasteiger partial charge on any atom is -0.399 e. The molecule has 6 heteroatoms. The molecule has 3 rings (SSSR count). The van der Waals surface area contributed by atoms with Crippen LogP contribution >= 0.6 is 0 Å². The molecule has 0 bridgehead atoms. The number of carbonyl (C=O) groups excluding carboxylic acids is 1. The summed E-state index contributed by atoms with van der Waals surface area (Å²) in [5.74, 6) is -0.657. The summed E-state index contributed by atoms with van der Waals surface area (Å²) in [4.78, 5) is 18.0. The Kier molecular flexibility index (Phi) is 4.61. The van der Waals surface area contributed by atoms with Gasteiger partial charge < -0.3 is 16.0 Å². The van der Waals surface area contributed by atoms with E-state index in [-0.39, 0.29) is 5.91 Å². The van der Waals surface area contributed by atoms with E-state index in [9.17, 15) is 9.18 Å². The lowest BCUT2D eigenvalue weighted by atomic mass is 10.2. The van der Waals surface area contributed by atoms with Gasteiger partial charge in [0.15, 0.2) is 0 Å². The predicted molar refractivity (Wildman–Crippen MR) is 97.5 cm³/mol. The van der Waals surface area contributed by atoms with Crippen LogP contribution in [0, 0.1) is 5.82 Å². The summed E-state index contributed by atoms with van der Waals surface area (Å²) in [5.41, 5.74) is 8.74. The summed E-state index contributed by atoms with van der Waals surface area (Å²) < 4.78 is 13.4. The zero-order valence-electron chi connectivity index (χ0n) is 13.6. The van der Waals surface area contributed by atoms with Gasteiger partial charge in [0.1, 0.15) is 5.82 Å². The van der Waals surface area contributed by atoms with Gasteiger partial charge in [-0.05, 0) is 36.4 Å². The standard InChI is InChI=1S/C19H17FN4O/c1-24(18-9-14(20)11-22-12-18)17-7-3-6-16(10-17)23-19(25)13-4-2-5-15(21)8-13/h2-12H,21H2,1H3,(H,23,25). The molecule has 3 N–H and O–H groups in total. The Morgan fingerprint density at radius 3 is 2.64 bits per heavy atom. The first kappa shape index (κ1) is 16.4. The average molecular weight is 336 g/mol. The van der Waals surface area contributed by atoms with Gasteiger partial charge in [-0.15, -0.1) is 0 Å². The second-order valence-corrected chi connectivity index (χ2v) is 5.55. The van der Waals surface area contributed by atoms with Gasteiger partial charge in [0.25, 0.3) is 5.91 Å². The van der Waals surface area contributed by atoms with Crippen LogP contribution < -0.4 is 16.0 Å². The number of aromatic nitrogens is 1. The Morgan fingerprint density at radius 2 is 1.88 bits per heavy atom. The van der Waals surface area contributed by atoms with Crippen molar-refractivity contribution in [2.24, 2.45) is 0 Å². The maximum Gasteiger partial charge on any atom is 0.255 e. The van der Waals surface area contributed by atoms with Crippen molar-refractivity contribution >= 4 is 28.7 Å². The molecule has 5 nitrogen and oxygen atoms in total. The van der Waals surface area contributed by atoms with Crippen LogP contribution in [0.3, 0.4) is 0 Å². The third-order valence-electron chi connectivity index (χ3n) is 3.72. The van der Waals surface area contributed by atoms with Crippen molar-refractivity contribution in [2.45, 2.75) is 0 Å². The van der Waals surface area contributed by atoms with Gasteiger partial charge in [-0.3, -0.25) is 9.78 Å². The van der Waals surface area contributed by atoms with Crippen LogP contribution in [-0.2, 0) is 0 Å². The van der Waals surface area contributed by atoms with Crippen LogP contribution in [0.1, 0.15) is 10.4 Å². The highest BCUT2D eigenvalue weighted by Gasteiger charge is 2.09. The van der Waals surface area contributed by atoms with Crippen LogP contribution in [0.4, 0.5) is 27.1 Å². The third kappa shape index (κ3) is 3.92.